The van der Waals surface area contributed by atoms with Crippen LogP contribution in [-0.4, -0.2) is 63.5 Å². The predicted molar refractivity (Wildman–Crippen MR) is 94.5 cm³/mol. The van der Waals surface area contributed by atoms with Gasteiger partial charge in [0.1, 0.15) is 24.4 Å². The van der Waals surface area contributed by atoms with Crippen molar-refractivity contribution in [1.82, 2.24) is 0 Å². The number of ketones is 1. The number of aliphatic hydroxyl groups is 4. The van der Waals surface area contributed by atoms with Crippen molar-refractivity contribution in [2.45, 2.75) is 37.1 Å². The van der Waals surface area contributed by atoms with Crippen LogP contribution in [0.1, 0.15) is 11.1 Å². The summed E-state index contributed by atoms with van der Waals surface area (Å²) in [5, 5.41) is 42.1. The number of ether oxygens (including phenoxy) is 1. The number of Topliss-reactive ketones (excluding diaryl/α,β-unsaturated/α-hetero) is 1. The van der Waals surface area contributed by atoms with E-state index in [-0.39, 0.29) is 5.78 Å². The molecule has 1 heterocycles. The number of allylic oxidation sites excluding steroid dienone is 1. The molecule has 0 spiro atoms. The molecular formula is C16H18INO6. The first kappa shape index (κ1) is 17.8. The fraction of sp³-hybridized carbons (Fsp3) is 0.438. The van der Waals surface area contributed by atoms with Crippen LogP contribution in [-0.2, 0) is 16.0 Å². The highest BCUT2D eigenvalue weighted by Crippen LogP contribution is 2.29. The Kier molecular flexibility index (Phi) is 5.23. The molecule has 3 rings (SSSR count). The summed E-state index contributed by atoms with van der Waals surface area (Å²) < 4.78 is 5.80. The van der Waals surface area contributed by atoms with E-state index in [1.165, 1.54) is 0 Å². The van der Waals surface area contributed by atoms with E-state index in [2.05, 4.69) is 5.32 Å². The molecule has 7 nitrogen and oxygen atoms in total. The Morgan fingerprint density at radius 3 is 2.71 bits per heavy atom. The molecule has 130 valence electrons. The lowest BCUT2D eigenvalue weighted by Crippen LogP contribution is -2.61. The number of halogens is 1. The van der Waals surface area contributed by atoms with Gasteiger partial charge in [-0.05, 0) is 51.9 Å². The van der Waals surface area contributed by atoms with Gasteiger partial charge in [-0.3, -0.25) is 4.79 Å². The number of hydrogen-bond donors (Lipinski definition) is 5. The summed E-state index contributed by atoms with van der Waals surface area (Å²) in [5.74, 6) is 0.0440. The minimum Gasteiger partial charge on any atom is -0.394 e. The summed E-state index contributed by atoms with van der Waals surface area (Å²) in [5.41, 5.74) is 2.39. The summed E-state index contributed by atoms with van der Waals surface area (Å²) in [7, 11) is 0. The molecule has 5 N–H and O–H groups in total. The van der Waals surface area contributed by atoms with Crippen LogP contribution in [0.4, 0.5) is 5.69 Å². The van der Waals surface area contributed by atoms with Gasteiger partial charge in [-0.1, -0.05) is 6.07 Å². The third-order valence-electron chi connectivity index (χ3n) is 4.28. The monoisotopic (exact) mass is 447 g/mol. The Morgan fingerprint density at radius 1 is 1.25 bits per heavy atom. The van der Waals surface area contributed by atoms with Crippen molar-refractivity contribution in [3.8, 4) is 0 Å². The lowest BCUT2D eigenvalue weighted by Gasteiger charge is -2.40. The molecule has 24 heavy (non-hydrogen) atoms. The van der Waals surface area contributed by atoms with E-state index in [1.807, 2.05) is 34.7 Å². The van der Waals surface area contributed by atoms with Crippen LogP contribution in [0.2, 0.25) is 0 Å². The molecule has 5 atom stereocenters. The van der Waals surface area contributed by atoms with Gasteiger partial charge >= 0.3 is 0 Å². The van der Waals surface area contributed by atoms with Gasteiger partial charge in [-0.2, -0.15) is 0 Å². The van der Waals surface area contributed by atoms with Crippen molar-refractivity contribution in [2.75, 3.05) is 11.9 Å². The average molecular weight is 447 g/mol. The average Bonchev–Trinajstić information content (AvgIpc) is 2.56. The molecule has 1 aromatic rings. The summed E-state index contributed by atoms with van der Waals surface area (Å²) in [6, 6.07) is 4.42. The number of carbonyl (C=O) groups excluding carboxylic acids is 1. The van der Waals surface area contributed by atoms with Crippen molar-refractivity contribution in [2.24, 2.45) is 0 Å². The van der Waals surface area contributed by atoms with E-state index in [9.17, 15) is 20.1 Å². The normalized spacial score (nSPS) is 33.0. The first-order valence-electron chi connectivity index (χ1n) is 7.51. The second kappa shape index (κ2) is 7.06. The van der Waals surface area contributed by atoms with Crippen molar-refractivity contribution in [1.29, 1.82) is 0 Å². The zero-order chi connectivity index (χ0) is 17.4. The number of hydrogen-bond acceptors (Lipinski definition) is 7. The molecule has 0 bridgehead atoms. The molecule has 0 amide bonds. The predicted octanol–water partition coefficient (Wildman–Crippen LogP) is -0.200. The SMILES string of the molecule is O=C1Cc2cc(NC3C(O)OC(CO)[C@@H](O)[C@@H]3O)ccc2C=C1I. The molecule has 1 aliphatic carbocycles. The Hall–Kier alpha value is -1.04. The summed E-state index contributed by atoms with van der Waals surface area (Å²) in [6.07, 6.45) is -2.96. The number of rotatable bonds is 3. The molecule has 2 aliphatic rings. The quantitative estimate of drug-likeness (QED) is 0.408. The molecule has 1 saturated heterocycles. The summed E-state index contributed by atoms with van der Waals surface area (Å²) in [4.78, 5) is 11.8. The van der Waals surface area contributed by atoms with E-state index in [0.717, 1.165) is 11.1 Å². The van der Waals surface area contributed by atoms with E-state index in [4.69, 9.17) is 9.84 Å². The minimum atomic E-state index is -1.39. The molecule has 1 aliphatic heterocycles. The largest absolute Gasteiger partial charge is 0.394 e. The molecule has 0 aromatic heterocycles. The Balaban J connectivity index is 1.79. The molecule has 1 fully saturated rings. The van der Waals surface area contributed by atoms with Gasteiger partial charge in [-0.25, -0.2) is 0 Å². The fourth-order valence-electron chi connectivity index (χ4n) is 2.91. The van der Waals surface area contributed by atoms with Crippen LogP contribution in [0.5, 0.6) is 0 Å². The van der Waals surface area contributed by atoms with Gasteiger partial charge in [0.25, 0.3) is 0 Å². The molecule has 0 radical (unpaired) electrons. The first-order chi connectivity index (χ1) is 11.4. The number of carbonyl (C=O) groups is 1. The van der Waals surface area contributed by atoms with Crippen molar-refractivity contribution < 1.29 is 30.0 Å². The Bertz CT molecular complexity index is 679. The van der Waals surface area contributed by atoms with Gasteiger partial charge in [0.2, 0.25) is 0 Å². The summed E-state index contributed by atoms with van der Waals surface area (Å²) >= 11 is 2.01. The molecule has 3 unspecified atom stereocenters. The topological polar surface area (TPSA) is 119 Å². The number of fused-ring (bicyclic) bond motifs is 1. The smallest absolute Gasteiger partial charge is 0.178 e. The van der Waals surface area contributed by atoms with E-state index in [0.29, 0.717) is 15.7 Å². The van der Waals surface area contributed by atoms with Crippen LogP contribution < -0.4 is 5.32 Å². The van der Waals surface area contributed by atoms with Crippen LogP contribution in [0, 0.1) is 0 Å². The third-order valence-corrected chi connectivity index (χ3v) is 5.19. The number of anilines is 1. The number of nitrogens with one attached hydrogen (secondary N) is 1. The second-order valence-electron chi connectivity index (χ2n) is 5.90. The highest BCUT2D eigenvalue weighted by molar-refractivity contribution is 14.1. The van der Waals surface area contributed by atoms with Crippen molar-refractivity contribution in [3.63, 3.8) is 0 Å². The Labute approximate surface area is 152 Å². The van der Waals surface area contributed by atoms with Crippen LogP contribution >= 0.6 is 22.6 Å². The maximum Gasteiger partial charge on any atom is 0.178 e. The van der Waals surface area contributed by atoms with Crippen LogP contribution in [0.15, 0.2) is 21.8 Å². The minimum absolute atomic E-state index is 0.0440. The van der Waals surface area contributed by atoms with E-state index in [1.54, 1.807) is 12.1 Å². The highest BCUT2D eigenvalue weighted by Gasteiger charge is 2.43. The van der Waals surface area contributed by atoms with Crippen molar-refractivity contribution in [3.05, 3.63) is 32.9 Å². The lowest BCUT2D eigenvalue weighted by atomic mass is 9.94. The molecule has 0 saturated carbocycles. The molecule has 1 aromatic carbocycles. The maximum atomic E-state index is 11.8. The van der Waals surface area contributed by atoms with E-state index < -0.39 is 37.3 Å². The Morgan fingerprint density at radius 2 is 2.00 bits per heavy atom. The first-order valence-corrected chi connectivity index (χ1v) is 8.59. The highest BCUT2D eigenvalue weighted by atomic mass is 127. The standard InChI is InChI=1S/C16H18INO6/c17-10-4-7-1-2-9(3-8(7)5-11(10)20)18-13-15(22)14(21)12(6-19)24-16(13)23/h1-4,12-16,18-19,21-23H,5-6H2/t12?,13?,14-,15-,16?/m1/s1. The number of benzene rings is 1. The van der Waals surface area contributed by atoms with Crippen molar-refractivity contribution >= 4 is 40.1 Å². The van der Waals surface area contributed by atoms with Crippen LogP contribution in [0.3, 0.4) is 0 Å². The van der Waals surface area contributed by atoms with Gasteiger partial charge in [-0.15, -0.1) is 0 Å². The van der Waals surface area contributed by atoms with Gasteiger partial charge in [0.05, 0.1) is 10.2 Å². The zero-order valence-electron chi connectivity index (χ0n) is 12.6. The third kappa shape index (κ3) is 3.35. The molecular weight excluding hydrogens is 429 g/mol. The second-order valence-corrected chi connectivity index (χ2v) is 7.07. The van der Waals surface area contributed by atoms with E-state index >= 15 is 0 Å². The summed E-state index contributed by atoms with van der Waals surface area (Å²) in [6.45, 7) is -0.506. The maximum absolute atomic E-state index is 11.8. The molecule has 8 heteroatoms. The van der Waals surface area contributed by atoms with Gasteiger partial charge < -0.3 is 30.5 Å². The van der Waals surface area contributed by atoms with Crippen LogP contribution in [0.25, 0.3) is 6.08 Å². The lowest BCUT2D eigenvalue weighted by molar-refractivity contribution is -0.245. The van der Waals surface area contributed by atoms with Gasteiger partial charge in [0.15, 0.2) is 12.1 Å². The number of aliphatic hydroxyl groups excluding tert-OH is 4. The van der Waals surface area contributed by atoms with Gasteiger partial charge in [0, 0.05) is 12.1 Å². The fourth-order valence-corrected chi connectivity index (χ4v) is 3.44. The zero-order valence-corrected chi connectivity index (χ0v) is 14.8.